The molecular weight excluding hydrogens is 322 g/mol. The second-order valence-electron chi connectivity index (χ2n) is 5.87. The molecule has 2 bridgehead atoms. The topological polar surface area (TPSA) is 65.5 Å². The fraction of sp³-hybridized carbons (Fsp3) is 0.467. The maximum absolute atomic E-state index is 12.5. The lowest BCUT2D eigenvalue weighted by Crippen LogP contribution is -2.57. The number of aromatic hydroxyl groups is 1. The molecule has 5 rings (SSSR count). The molecular formula is C15H18ClN3O2S. The van der Waals surface area contributed by atoms with Crippen LogP contribution >= 0.6 is 23.7 Å². The third-order valence-corrected chi connectivity index (χ3v) is 5.58. The van der Waals surface area contributed by atoms with Gasteiger partial charge in [-0.25, -0.2) is 0 Å². The van der Waals surface area contributed by atoms with Gasteiger partial charge in [-0.1, -0.05) is 0 Å². The lowest BCUT2D eigenvalue weighted by atomic mass is 9.84. The van der Waals surface area contributed by atoms with E-state index in [-0.39, 0.29) is 35.7 Å². The summed E-state index contributed by atoms with van der Waals surface area (Å²) >= 11 is 1.40. The molecule has 2 aromatic heterocycles. The molecule has 118 valence electrons. The van der Waals surface area contributed by atoms with Gasteiger partial charge in [0, 0.05) is 18.8 Å². The molecule has 0 saturated carbocycles. The van der Waals surface area contributed by atoms with Crippen LogP contribution in [-0.2, 0) is 0 Å². The Labute approximate surface area is 138 Å². The van der Waals surface area contributed by atoms with Crippen LogP contribution in [0, 0.1) is 5.92 Å². The number of rotatable bonds is 2. The molecule has 5 nitrogen and oxygen atoms in total. The van der Waals surface area contributed by atoms with Crippen molar-refractivity contribution in [3.8, 4) is 5.75 Å². The average Bonchev–Trinajstić information content (AvgIpc) is 2.98. The largest absolute Gasteiger partial charge is 0.505 e. The monoisotopic (exact) mass is 339 g/mol. The van der Waals surface area contributed by atoms with Crippen molar-refractivity contribution in [3.05, 3.63) is 23.2 Å². The van der Waals surface area contributed by atoms with E-state index in [1.807, 2.05) is 11.4 Å². The highest BCUT2D eigenvalue weighted by Gasteiger charge is 2.35. The van der Waals surface area contributed by atoms with Gasteiger partial charge in [-0.15, -0.1) is 23.7 Å². The van der Waals surface area contributed by atoms with Gasteiger partial charge in [0.05, 0.1) is 10.2 Å². The van der Waals surface area contributed by atoms with Crippen LogP contribution in [0.15, 0.2) is 17.6 Å². The van der Waals surface area contributed by atoms with Crippen molar-refractivity contribution in [1.82, 2.24) is 15.2 Å². The second-order valence-corrected chi connectivity index (χ2v) is 6.79. The normalized spacial score (nSPS) is 26.6. The Morgan fingerprint density at radius 2 is 2.18 bits per heavy atom. The number of aromatic nitrogens is 1. The number of hydrogen-bond acceptors (Lipinski definition) is 5. The number of halogens is 1. The first kappa shape index (κ1) is 15.5. The number of carbonyl (C=O) groups excluding carboxylic acids is 1. The van der Waals surface area contributed by atoms with Crippen LogP contribution < -0.4 is 5.32 Å². The highest BCUT2D eigenvalue weighted by molar-refractivity contribution is 7.17. The summed E-state index contributed by atoms with van der Waals surface area (Å²) in [7, 11) is 0. The highest BCUT2D eigenvalue weighted by atomic mass is 35.5. The SMILES string of the molecule is Cl.O=C(NC1CN2CCC1CC2)c1cnc2ccsc2c1O. The van der Waals surface area contributed by atoms with E-state index in [2.05, 4.69) is 15.2 Å². The molecule has 0 aromatic carbocycles. The van der Waals surface area contributed by atoms with E-state index in [4.69, 9.17) is 0 Å². The molecule has 3 aliphatic rings. The summed E-state index contributed by atoms with van der Waals surface area (Å²) in [5.41, 5.74) is 1.01. The van der Waals surface area contributed by atoms with Crippen LogP contribution in [-0.4, -0.2) is 46.6 Å². The fourth-order valence-electron chi connectivity index (χ4n) is 3.44. The molecule has 1 amide bonds. The number of carbonyl (C=O) groups is 1. The third kappa shape index (κ3) is 2.55. The Bertz CT molecular complexity index is 697. The van der Waals surface area contributed by atoms with Crippen molar-refractivity contribution in [1.29, 1.82) is 0 Å². The van der Waals surface area contributed by atoms with E-state index in [0.29, 0.717) is 10.6 Å². The standard InChI is InChI=1S/C15H17N3O2S.ClH/c19-13-10(7-16-11-3-6-21-14(11)13)15(20)17-12-8-18-4-1-9(12)2-5-18;/h3,6-7,9,12H,1-2,4-5,8H2,(H,16,19)(H,17,20);1H. The van der Waals surface area contributed by atoms with E-state index in [0.717, 1.165) is 38.0 Å². The van der Waals surface area contributed by atoms with Crippen LogP contribution in [0.1, 0.15) is 23.2 Å². The minimum atomic E-state index is -0.214. The number of fused-ring (bicyclic) bond motifs is 4. The molecule has 0 radical (unpaired) electrons. The molecule has 2 aromatic rings. The van der Waals surface area contributed by atoms with Crippen molar-refractivity contribution in [2.45, 2.75) is 18.9 Å². The molecule has 22 heavy (non-hydrogen) atoms. The molecule has 2 N–H and O–H groups in total. The zero-order chi connectivity index (χ0) is 14.4. The van der Waals surface area contributed by atoms with Gasteiger partial charge in [-0.05, 0) is 43.3 Å². The Morgan fingerprint density at radius 1 is 1.41 bits per heavy atom. The maximum Gasteiger partial charge on any atom is 0.256 e. The molecule has 3 aliphatic heterocycles. The first-order valence-corrected chi connectivity index (χ1v) is 8.19. The smallest absolute Gasteiger partial charge is 0.256 e. The van der Waals surface area contributed by atoms with E-state index >= 15 is 0 Å². The van der Waals surface area contributed by atoms with Crippen molar-refractivity contribution in [2.24, 2.45) is 5.92 Å². The summed E-state index contributed by atoms with van der Waals surface area (Å²) in [6, 6.07) is 2.04. The van der Waals surface area contributed by atoms with Gasteiger partial charge in [0.25, 0.3) is 5.91 Å². The molecule has 3 saturated heterocycles. The summed E-state index contributed by atoms with van der Waals surface area (Å²) in [5, 5.41) is 15.2. The highest BCUT2D eigenvalue weighted by Crippen LogP contribution is 2.32. The minimum absolute atomic E-state index is 0. The summed E-state index contributed by atoms with van der Waals surface area (Å²) < 4.78 is 0.677. The zero-order valence-electron chi connectivity index (χ0n) is 12.0. The van der Waals surface area contributed by atoms with Gasteiger partial charge in [0.15, 0.2) is 0 Å². The quantitative estimate of drug-likeness (QED) is 0.880. The van der Waals surface area contributed by atoms with Crippen LogP contribution in [0.2, 0.25) is 0 Å². The van der Waals surface area contributed by atoms with E-state index < -0.39 is 0 Å². The Kier molecular flexibility index (Phi) is 4.25. The van der Waals surface area contributed by atoms with Crippen molar-refractivity contribution < 1.29 is 9.90 Å². The predicted octanol–water partition coefficient (Wildman–Crippen LogP) is 2.25. The molecule has 3 fully saturated rings. The van der Waals surface area contributed by atoms with Crippen LogP contribution in [0.3, 0.4) is 0 Å². The Hall–Kier alpha value is -1.37. The molecule has 1 atom stereocenters. The van der Waals surface area contributed by atoms with Gasteiger partial charge < -0.3 is 15.3 Å². The number of nitrogens with one attached hydrogen (secondary N) is 1. The van der Waals surface area contributed by atoms with Gasteiger partial charge in [-0.3, -0.25) is 9.78 Å². The third-order valence-electron chi connectivity index (χ3n) is 4.66. The van der Waals surface area contributed by atoms with Crippen LogP contribution in [0.5, 0.6) is 5.75 Å². The van der Waals surface area contributed by atoms with Crippen molar-refractivity contribution in [2.75, 3.05) is 19.6 Å². The molecule has 5 heterocycles. The van der Waals surface area contributed by atoms with Crippen LogP contribution in [0.4, 0.5) is 0 Å². The lowest BCUT2D eigenvalue weighted by Gasteiger charge is -2.44. The number of thiophene rings is 1. The van der Waals surface area contributed by atoms with Gasteiger partial charge in [0.1, 0.15) is 11.3 Å². The molecule has 0 aliphatic carbocycles. The summed E-state index contributed by atoms with van der Waals surface area (Å²) in [6.45, 7) is 3.21. The van der Waals surface area contributed by atoms with E-state index in [1.54, 1.807) is 0 Å². The number of amides is 1. The maximum atomic E-state index is 12.5. The molecule has 0 spiro atoms. The zero-order valence-corrected chi connectivity index (χ0v) is 13.6. The second kappa shape index (κ2) is 6.02. The lowest BCUT2D eigenvalue weighted by molar-refractivity contribution is 0.0619. The molecule has 7 heteroatoms. The first-order chi connectivity index (χ1) is 10.2. The number of nitrogens with zero attached hydrogens (tertiary/aromatic N) is 2. The minimum Gasteiger partial charge on any atom is -0.505 e. The van der Waals surface area contributed by atoms with Gasteiger partial charge in [-0.2, -0.15) is 0 Å². The van der Waals surface area contributed by atoms with E-state index in [1.165, 1.54) is 17.5 Å². The van der Waals surface area contributed by atoms with E-state index in [9.17, 15) is 9.90 Å². The predicted molar refractivity (Wildman–Crippen MR) is 89.0 cm³/mol. The van der Waals surface area contributed by atoms with Crippen LogP contribution in [0.25, 0.3) is 10.2 Å². The number of piperidine rings is 3. The summed E-state index contributed by atoms with van der Waals surface area (Å²) in [6.07, 6.45) is 3.78. The first-order valence-electron chi connectivity index (χ1n) is 7.31. The number of hydrogen-bond donors (Lipinski definition) is 2. The average molecular weight is 340 g/mol. The molecule has 1 unspecified atom stereocenters. The Balaban J connectivity index is 0.00000144. The summed E-state index contributed by atoms with van der Waals surface area (Å²) in [4.78, 5) is 19.1. The summed E-state index contributed by atoms with van der Waals surface area (Å²) in [5.74, 6) is 0.405. The fourth-order valence-corrected chi connectivity index (χ4v) is 4.24. The Morgan fingerprint density at radius 3 is 2.86 bits per heavy atom. The van der Waals surface area contributed by atoms with Gasteiger partial charge in [0.2, 0.25) is 0 Å². The number of pyridine rings is 1. The van der Waals surface area contributed by atoms with Crippen molar-refractivity contribution >= 4 is 39.9 Å². The van der Waals surface area contributed by atoms with Crippen molar-refractivity contribution in [3.63, 3.8) is 0 Å². The van der Waals surface area contributed by atoms with Gasteiger partial charge >= 0.3 is 0 Å².